The average Bonchev–Trinajstić information content (AvgIpc) is 2.34. The molecular weight excluding hydrogens is 130 g/mol. The highest BCUT2D eigenvalue weighted by molar-refractivity contribution is 5.04. The van der Waals surface area contributed by atoms with Gasteiger partial charge in [-0.25, -0.2) is 4.68 Å². The minimum Gasteiger partial charge on any atom is -0.383 e. The van der Waals surface area contributed by atoms with Gasteiger partial charge in [0, 0.05) is 7.05 Å². The highest BCUT2D eigenvalue weighted by Gasteiger charge is 2.06. The van der Waals surface area contributed by atoms with Gasteiger partial charge < -0.3 is 5.11 Å². The molecule has 1 unspecified atom stereocenters. The van der Waals surface area contributed by atoms with Crippen LogP contribution >= 0.6 is 0 Å². The van der Waals surface area contributed by atoms with E-state index in [-0.39, 0.29) is 0 Å². The second-order valence-corrected chi connectivity index (χ2v) is 1.96. The van der Waals surface area contributed by atoms with Crippen LogP contribution in [0.25, 0.3) is 0 Å². The van der Waals surface area contributed by atoms with Crippen LogP contribution in [0.2, 0.25) is 0 Å². The molecule has 0 aliphatic carbocycles. The Hall–Kier alpha value is -1.16. The Morgan fingerprint density at radius 3 is 3.00 bits per heavy atom. The van der Waals surface area contributed by atoms with E-state index in [1.807, 2.05) is 0 Å². The Labute approximate surface area is 58.8 Å². The maximum Gasteiger partial charge on any atom is 0.115 e. The number of aliphatic hydroxyl groups is 1. The van der Waals surface area contributed by atoms with Crippen LogP contribution in [0, 0.1) is 0 Å². The fraction of sp³-hybridized carbons (Fsp3) is 0.333. The molecular formula is C6H9N3O. The summed E-state index contributed by atoms with van der Waals surface area (Å²) in [6, 6.07) is 0. The average molecular weight is 139 g/mol. The molecule has 0 aliphatic heterocycles. The van der Waals surface area contributed by atoms with Gasteiger partial charge >= 0.3 is 0 Å². The van der Waals surface area contributed by atoms with Gasteiger partial charge in [0.2, 0.25) is 0 Å². The summed E-state index contributed by atoms with van der Waals surface area (Å²) in [5.41, 5.74) is 0.648. The van der Waals surface area contributed by atoms with Crippen molar-refractivity contribution in [2.24, 2.45) is 7.05 Å². The van der Waals surface area contributed by atoms with Crippen LogP contribution < -0.4 is 0 Å². The van der Waals surface area contributed by atoms with Crippen molar-refractivity contribution >= 4 is 0 Å². The highest BCUT2D eigenvalue weighted by atomic mass is 16.3. The maximum atomic E-state index is 9.18. The molecule has 0 bridgehead atoms. The molecule has 0 spiro atoms. The second-order valence-electron chi connectivity index (χ2n) is 1.96. The Kier molecular flexibility index (Phi) is 1.82. The van der Waals surface area contributed by atoms with E-state index in [2.05, 4.69) is 16.9 Å². The van der Waals surface area contributed by atoms with Crippen LogP contribution in [0.1, 0.15) is 11.8 Å². The number of hydrogen-bond donors (Lipinski definition) is 1. The zero-order valence-corrected chi connectivity index (χ0v) is 5.73. The van der Waals surface area contributed by atoms with Crippen molar-refractivity contribution in [1.82, 2.24) is 15.0 Å². The minimum absolute atomic E-state index is 0.648. The van der Waals surface area contributed by atoms with Gasteiger partial charge in [0.25, 0.3) is 0 Å². The summed E-state index contributed by atoms with van der Waals surface area (Å²) in [6.07, 6.45) is 2.27. The molecule has 1 aromatic rings. The van der Waals surface area contributed by atoms with Crippen molar-refractivity contribution in [3.63, 3.8) is 0 Å². The molecule has 0 fully saturated rings. The molecule has 0 saturated carbocycles. The predicted octanol–water partition coefficient (Wildman–Crippen LogP) is 0.0345. The van der Waals surface area contributed by atoms with E-state index in [9.17, 15) is 5.11 Å². The fourth-order valence-electron chi connectivity index (χ4n) is 0.686. The molecule has 54 valence electrons. The van der Waals surface area contributed by atoms with Crippen LogP contribution in [0.3, 0.4) is 0 Å². The predicted molar refractivity (Wildman–Crippen MR) is 36.2 cm³/mol. The number of nitrogens with zero attached hydrogens (tertiary/aromatic N) is 3. The third-order valence-electron chi connectivity index (χ3n) is 1.28. The van der Waals surface area contributed by atoms with E-state index < -0.39 is 6.10 Å². The summed E-state index contributed by atoms with van der Waals surface area (Å²) in [6.45, 7) is 3.44. The largest absolute Gasteiger partial charge is 0.383 e. The molecule has 10 heavy (non-hydrogen) atoms. The topological polar surface area (TPSA) is 50.9 Å². The van der Waals surface area contributed by atoms with Gasteiger partial charge in [0.15, 0.2) is 0 Å². The van der Waals surface area contributed by atoms with E-state index in [4.69, 9.17) is 0 Å². The Balaban J connectivity index is 2.92. The lowest BCUT2D eigenvalue weighted by atomic mass is 10.3. The number of aromatic nitrogens is 3. The summed E-state index contributed by atoms with van der Waals surface area (Å²) in [4.78, 5) is 0. The molecule has 1 atom stereocenters. The first kappa shape index (κ1) is 6.95. The molecule has 0 aromatic carbocycles. The first-order valence-corrected chi connectivity index (χ1v) is 2.91. The molecule has 4 heteroatoms. The van der Waals surface area contributed by atoms with E-state index in [1.54, 1.807) is 7.05 Å². The summed E-state index contributed by atoms with van der Waals surface area (Å²) in [5.74, 6) is 0. The van der Waals surface area contributed by atoms with Crippen LogP contribution in [-0.2, 0) is 7.05 Å². The van der Waals surface area contributed by atoms with Gasteiger partial charge in [0.1, 0.15) is 6.10 Å². The second kappa shape index (κ2) is 2.62. The quantitative estimate of drug-likeness (QED) is 0.588. The SMILES string of the molecule is C=CC(O)c1cnnn1C. The minimum atomic E-state index is -0.667. The van der Waals surface area contributed by atoms with E-state index in [0.717, 1.165) is 0 Å². The van der Waals surface area contributed by atoms with Crippen molar-refractivity contribution in [1.29, 1.82) is 0 Å². The first-order valence-electron chi connectivity index (χ1n) is 2.91. The van der Waals surface area contributed by atoms with Gasteiger partial charge in [-0.1, -0.05) is 11.3 Å². The number of aryl methyl sites for hydroxylation is 1. The number of aliphatic hydroxyl groups excluding tert-OH is 1. The molecule has 0 aliphatic rings. The molecule has 4 nitrogen and oxygen atoms in total. The van der Waals surface area contributed by atoms with Crippen LogP contribution in [0.5, 0.6) is 0 Å². The summed E-state index contributed by atoms with van der Waals surface area (Å²) in [7, 11) is 1.72. The molecule has 0 amide bonds. The maximum absolute atomic E-state index is 9.18. The molecule has 1 rings (SSSR count). The van der Waals surface area contributed by atoms with Crippen LogP contribution in [-0.4, -0.2) is 20.1 Å². The monoisotopic (exact) mass is 139 g/mol. The van der Waals surface area contributed by atoms with Crippen molar-refractivity contribution in [3.05, 3.63) is 24.5 Å². The third-order valence-corrected chi connectivity index (χ3v) is 1.28. The van der Waals surface area contributed by atoms with E-state index in [0.29, 0.717) is 5.69 Å². The lowest BCUT2D eigenvalue weighted by Crippen LogP contribution is -2.02. The van der Waals surface area contributed by atoms with Gasteiger partial charge in [-0.2, -0.15) is 0 Å². The van der Waals surface area contributed by atoms with E-state index in [1.165, 1.54) is 17.0 Å². The Morgan fingerprint density at radius 2 is 2.60 bits per heavy atom. The number of rotatable bonds is 2. The standard InChI is InChI=1S/C6H9N3O/c1-3-6(10)5-4-7-8-9(5)2/h3-4,6,10H,1H2,2H3. The molecule has 1 heterocycles. The summed E-state index contributed by atoms with van der Waals surface area (Å²) >= 11 is 0. The molecule has 1 N–H and O–H groups in total. The lowest BCUT2D eigenvalue weighted by Gasteiger charge is -2.01. The normalized spacial score (nSPS) is 13.0. The van der Waals surface area contributed by atoms with E-state index >= 15 is 0 Å². The Bertz CT molecular complexity index is 231. The smallest absolute Gasteiger partial charge is 0.115 e. The molecule has 0 radical (unpaired) electrons. The van der Waals surface area contributed by atoms with Gasteiger partial charge in [0.05, 0.1) is 11.9 Å². The summed E-state index contributed by atoms with van der Waals surface area (Å²) in [5, 5.41) is 16.4. The number of hydrogen-bond acceptors (Lipinski definition) is 3. The zero-order chi connectivity index (χ0) is 7.56. The fourth-order valence-corrected chi connectivity index (χ4v) is 0.686. The highest BCUT2D eigenvalue weighted by Crippen LogP contribution is 2.08. The van der Waals surface area contributed by atoms with Crippen molar-refractivity contribution in [2.75, 3.05) is 0 Å². The molecule has 0 saturated heterocycles. The lowest BCUT2D eigenvalue weighted by molar-refractivity contribution is 0.218. The van der Waals surface area contributed by atoms with Gasteiger partial charge in [-0.05, 0) is 0 Å². The zero-order valence-electron chi connectivity index (χ0n) is 5.73. The third kappa shape index (κ3) is 1.06. The molecule has 1 aromatic heterocycles. The van der Waals surface area contributed by atoms with Crippen LogP contribution in [0.15, 0.2) is 18.9 Å². The Morgan fingerprint density at radius 1 is 1.90 bits per heavy atom. The summed E-state index contributed by atoms with van der Waals surface area (Å²) < 4.78 is 1.51. The van der Waals surface area contributed by atoms with Crippen molar-refractivity contribution in [2.45, 2.75) is 6.10 Å². The van der Waals surface area contributed by atoms with Gasteiger partial charge in [-0.15, -0.1) is 11.7 Å². The van der Waals surface area contributed by atoms with Crippen molar-refractivity contribution < 1.29 is 5.11 Å². The van der Waals surface area contributed by atoms with Crippen LogP contribution in [0.4, 0.5) is 0 Å². The van der Waals surface area contributed by atoms with Gasteiger partial charge in [-0.3, -0.25) is 0 Å². The first-order chi connectivity index (χ1) is 4.75. The van der Waals surface area contributed by atoms with Crippen molar-refractivity contribution in [3.8, 4) is 0 Å².